The smallest absolute Gasteiger partial charge is 0.231 e. The summed E-state index contributed by atoms with van der Waals surface area (Å²) in [6, 6.07) is 14.1. The molecule has 2 heterocycles. The fraction of sp³-hybridized carbons (Fsp3) is 0.0667. The SMILES string of the molecule is c1cc2cc(Nc3ccc4c(c3)OCO4)ccc2[nH]1. The first-order valence-electron chi connectivity index (χ1n) is 6.12. The van der Waals surface area contributed by atoms with Crippen LogP contribution in [-0.4, -0.2) is 11.8 Å². The number of fused-ring (bicyclic) bond motifs is 2. The molecule has 0 amide bonds. The molecule has 0 bridgehead atoms. The number of nitrogens with one attached hydrogen (secondary N) is 2. The van der Waals surface area contributed by atoms with Crippen LogP contribution in [0.1, 0.15) is 0 Å². The Morgan fingerprint density at radius 3 is 2.74 bits per heavy atom. The molecular weight excluding hydrogens is 240 g/mol. The fourth-order valence-corrected chi connectivity index (χ4v) is 2.27. The van der Waals surface area contributed by atoms with E-state index in [4.69, 9.17) is 9.47 Å². The first kappa shape index (κ1) is 10.3. The van der Waals surface area contributed by atoms with E-state index in [1.165, 1.54) is 5.39 Å². The molecule has 4 nitrogen and oxygen atoms in total. The van der Waals surface area contributed by atoms with Crippen molar-refractivity contribution in [3.05, 3.63) is 48.7 Å². The number of aromatic nitrogens is 1. The molecule has 0 spiro atoms. The number of ether oxygens (including phenoxy) is 2. The van der Waals surface area contributed by atoms with Crippen LogP contribution in [0.25, 0.3) is 10.9 Å². The van der Waals surface area contributed by atoms with Crippen molar-refractivity contribution in [1.82, 2.24) is 4.98 Å². The third kappa shape index (κ3) is 1.78. The van der Waals surface area contributed by atoms with Crippen LogP contribution in [-0.2, 0) is 0 Å². The number of aromatic amines is 1. The maximum atomic E-state index is 5.37. The molecule has 1 aromatic heterocycles. The molecule has 0 unspecified atom stereocenters. The van der Waals surface area contributed by atoms with Gasteiger partial charge in [-0.25, -0.2) is 0 Å². The number of hydrogen-bond donors (Lipinski definition) is 2. The highest BCUT2D eigenvalue weighted by molar-refractivity contribution is 5.84. The van der Waals surface area contributed by atoms with Crippen LogP contribution in [0.4, 0.5) is 11.4 Å². The first-order valence-corrected chi connectivity index (χ1v) is 6.12. The van der Waals surface area contributed by atoms with Crippen molar-refractivity contribution < 1.29 is 9.47 Å². The summed E-state index contributed by atoms with van der Waals surface area (Å²) in [4.78, 5) is 3.18. The van der Waals surface area contributed by atoms with Gasteiger partial charge >= 0.3 is 0 Å². The highest BCUT2D eigenvalue weighted by Crippen LogP contribution is 2.35. The van der Waals surface area contributed by atoms with Crippen molar-refractivity contribution in [3.8, 4) is 11.5 Å². The largest absolute Gasteiger partial charge is 0.454 e. The summed E-state index contributed by atoms with van der Waals surface area (Å²) in [5.41, 5.74) is 3.17. The van der Waals surface area contributed by atoms with E-state index in [-0.39, 0.29) is 0 Å². The molecule has 2 aromatic carbocycles. The van der Waals surface area contributed by atoms with E-state index in [2.05, 4.69) is 28.5 Å². The van der Waals surface area contributed by atoms with Crippen molar-refractivity contribution >= 4 is 22.3 Å². The molecule has 19 heavy (non-hydrogen) atoms. The lowest BCUT2D eigenvalue weighted by molar-refractivity contribution is 0.174. The average molecular weight is 252 g/mol. The van der Waals surface area contributed by atoms with Gasteiger partial charge in [0.25, 0.3) is 0 Å². The second-order valence-corrected chi connectivity index (χ2v) is 4.47. The minimum absolute atomic E-state index is 0.300. The lowest BCUT2D eigenvalue weighted by Crippen LogP contribution is -1.93. The van der Waals surface area contributed by atoms with E-state index in [0.717, 1.165) is 28.4 Å². The molecule has 3 aromatic rings. The number of hydrogen-bond acceptors (Lipinski definition) is 3. The molecule has 0 fully saturated rings. The van der Waals surface area contributed by atoms with Crippen LogP contribution in [0, 0.1) is 0 Å². The van der Waals surface area contributed by atoms with Crippen molar-refractivity contribution in [1.29, 1.82) is 0 Å². The average Bonchev–Trinajstić information content (AvgIpc) is 3.05. The molecule has 0 atom stereocenters. The highest BCUT2D eigenvalue weighted by atomic mass is 16.7. The monoisotopic (exact) mass is 252 g/mol. The summed E-state index contributed by atoms with van der Waals surface area (Å²) in [7, 11) is 0. The number of rotatable bonds is 2. The van der Waals surface area contributed by atoms with Crippen LogP contribution >= 0.6 is 0 Å². The van der Waals surface area contributed by atoms with Crippen molar-refractivity contribution in [2.75, 3.05) is 12.1 Å². The van der Waals surface area contributed by atoms with Gasteiger partial charge in [-0.3, -0.25) is 0 Å². The van der Waals surface area contributed by atoms with Gasteiger partial charge in [0.2, 0.25) is 6.79 Å². The molecule has 2 N–H and O–H groups in total. The van der Waals surface area contributed by atoms with Crippen LogP contribution in [0.2, 0.25) is 0 Å². The van der Waals surface area contributed by atoms with Gasteiger partial charge in [0.05, 0.1) is 0 Å². The quantitative estimate of drug-likeness (QED) is 0.732. The van der Waals surface area contributed by atoms with Crippen LogP contribution in [0.15, 0.2) is 48.7 Å². The Balaban J connectivity index is 1.66. The van der Waals surface area contributed by atoms with Crippen LogP contribution < -0.4 is 14.8 Å². The van der Waals surface area contributed by atoms with Gasteiger partial charge in [-0.2, -0.15) is 0 Å². The predicted molar refractivity (Wildman–Crippen MR) is 74.1 cm³/mol. The molecule has 0 radical (unpaired) electrons. The van der Waals surface area contributed by atoms with Gasteiger partial charge in [-0.05, 0) is 36.4 Å². The Hall–Kier alpha value is -2.62. The molecule has 1 aliphatic heterocycles. The van der Waals surface area contributed by atoms with E-state index < -0.39 is 0 Å². The highest BCUT2D eigenvalue weighted by Gasteiger charge is 2.13. The summed E-state index contributed by atoms with van der Waals surface area (Å²) >= 11 is 0. The maximum absolute atomic E-state index is 5.37. The van der Waals surface area contributed by atoms with Gasteiger partial charge in [0.15, 0.2) is 11.5 Å². The number of H-pyrrole nitrogens is 1. The van der Waals surface area contributed by atoms with Gasteiger partial charge in [0, 0.05) is 34.5 Å². The maximum Gasteiger partial charge on any atom is 0.231 e. The van der Waals surface area contributed by atoms with E-state index in [1.807, 2.05) is 30.5 Å². The number of benzene rings is 2. The Bertz CT molecular complexity index is 749. The lowest BCUT2D eigenvalue weighted by atomic mass is 10.2. The lowest BCUT2D eigenvalue weighted by Gasteiger charge is -2.07. The second kappa shape index (κ2) is 3.95. The summed E-state index contributed by atoms with van der Waals surface area (Å²) in [5, 5.41) is 4.55. The molecule has 4 heteroatoms. The predicted octanol–water partition coefficient (Wildman–Crippen LogP) is 3.64. The van der Waals surface area contributed by atoms with E-state index >= 15 is 0 Å². The Labute approximate surface area is 110 Å². The van der Waals surface area contributed by atoms with E-state index in [9.17, 15) is 0 Å². The first-order chi connectivity index (χ1) is 9.38. The standard InChI is InChI=1S/C15H12N2O2/c1-3-13-10(5-6-16-13)7-11(1)17-12-2-4-14-15(8-12)19-9-18-14/h1-8,16-17H,9H2. The van der Waals surface area contributed by atoms with Crippen molar-refractivity contribution in [2.45, 2.75) is 0 Å². The zero-order chi connectivity index (χ0) is 12.7. The van der Waals surface area contributed by atoms with Crippen LogP contribution in [0.3, 0.4) is 0 Å². The molecule has 0 saturated carbocycles. The third-order valence-electron chi connectivity index (χ3n) is 3.21. The zero-order valence-corrected chi connectivity index (χ0v) is 10.1. The van der Waals surface area contributed by atoms with Crippen molar-refractivity contribution in [3.63, 3.8) is 0 Å². The molecule has 0 aliphatic carbocycles. The Kier molecular flexibility index (Phi) is 2.14. The third-order valence-corrected chi connectivity index (χ3v) is 3.21. The molecule has 4 rings (SSSR count). The Morgan fingerprint density at radius 1 is 0.895 bits per heavy atom. The Morgan fingerprint density at radius 2 is 1.74 bits per heavy atom. The van der Waals surface area contributed by atoms with E-state index in [1.54, 1.807) is 0 Å². The van der Waals surface area contributed by atoms with Gasteiger partial charge < -0.3 is 19.8 Å². The van der Waals surface area contributed by atoms with Gasteiger partial charge in [-0.1, -0.05) is 0 Å². The van der Waals surface area contributed by atoms with Gasteiger partial charge in [0.1, 0.15) is 0 Å². The fourth-order valence-electron chi connectivity index (χ4n) is 2.27. The van der Waals surface area contributed by atoms with E-state index in [0.29, 0.717) is 6.79 Å². The minimum atomic E-state index is 0.300. The molecule has 0 saturated heterocycles. The molecular formula is C15H12N2O2. The zero-order valence-electron chi connectivity index (χ0n) is 10.1. The minimum Gasteiger partial charge on any atom is -0.454 e. The molecule has 94 valence electrons. The van der Waals surface area contributed by atoms with Gasteiger partial charge in [-0.15, -0.1) is 0 Å². The summed E-state index contributed by atoms with van der Waals surface area (Å²) < 4.78 is 10.7. The normalized spacial score (nSPS) is 12.8. The van der Waals surface area contributed by atoms with Crippen LogP contribution in [0.5, 0.6) is 11.5 Å². The second-order valence-electron chi connectivity index (χ2n) is 4.47. The summed E-state index contributed by atoms with van der Waals surface area (Å²) in [6.07, 6.45) is 1.94. The summed E-state index contributed by atoms with van der Waals surface area (Å²) in [5.74, 6) is 1.58. The molecule has 1 aliphatic rings. The summed E-state index contributed by atoms with van der Waals surface area (Å²) in [6.45, 7) is 0.300. The topological polar surface area (TPSA) is 46.3 Å². The van der Waals surface area contributed by atoms with Crippen molar-refractivity contribution in [2.24, 2.45) is 0 Å². The number of anilines is 2.